The van der Waals surface area contributed by atoms with Gasteiger partial charge in [0.25, 0.3) is 0 Å². The quantitative estimate of drug-likeness (QED) is 0.0710. The Hall–Kier alpha value is -3.60. The smallest absolute Gasteiger partial charge is 0.343 e. The molecule has 0 N–H and O–H groups in total. The highest BCUT2D eigenvalue weighted by Gasteiger charge is 2.27. The Kier molecular flexibility index (Phi) is 17.8. The third-order valence-electron chi connectivity index (χ3n) is 8.75. The molecule has 0 amide bonds. The minimum Gasteiger partial charge on any atom is -0.493 e. The first kappa shape index (κ1) is 37.9. The van der Waals surface area contributed by atoms with Crippen molar-refractivity contribution in [2.45, 2.75) is 135 Å². The Morgan fingerprint density at radius 1 is 0.809 bits per heavy atom. The maximum atomic E-state index is 13.9. The highest BCUT2D eigenvalue weighted by molar-refractivity contribution is 5.91. The number of hydrogen-bond donors (Lipinski definition) is 0. The van der Waals surface area contributed by atoms with Crippen LogP contribution >= 0.6 is 0 Å². The lowest BCUT2D eigenvalue weighted by molar-refractivity contribution is -0.157. The summed E-state index contributed by atoms with van der Waals surface area (Å²) in [5, 5.41) is 9.63. The lowest BCUT2D eigenvalue weighted by atomic mass is 9.88. The number of unbranched alkanes of at least 4 members (excludes halogenated alkanes) is 10. The van der Waals surface area contributed by atoms with E-state index in [1.807, 2.05) is 6.92 Å². The van der Waals surface area contributed by atoms with Gasteiger partial charge in [0.1, 0.15) is 29.4 Å². The van der Waals surface area contributed by atoms with Crippen LogP contribution in [0.25, 0.3) is 0 Å². The summed E-state index contributed by atoms with van der Waals surface area (Å²) < 4.78 is 36.6. The van der Waals surface area contributed by atoms with Crippen molar-refractivity contribution in [3.05, 3.63) is 53.6 Å². The van der Waals surface area contributed by atoms with Crippen LogP contribution in [0.4, 0.5) is 4.39 Å². The van der Waals surface area contributed by atoms with Gasteiger partial charge in [0, 0.05) is 0 Å². The molecular formula is C39H54FNO6. The normalized spacial score (nSPS) is 16.6. The van der Waals surface area contributed by atoms with Crippen LogP contribution in [0.3, 0.4) is 0 Å². The van der Waals surface area contributed by atoms with Crippen LogP contribution in [0.15, 0.2) is 42.5 Å². The maximum Gasteiger partial charge on any atom is 0.343 e. The average Bonchev–Trinajstić information content (AvgIpc) is 3.09. The number of benzene rings is 2. The first-order valence-corrected chi connectivity index (χ1v) is 17.9. The van der Waals surface area contributed by atoms with Crippen LogP contribution in [0.2, 0.25) is 0 Å². The van der Waals surface area contributed by atoms with Gasteiger partial charge in [0.05, 0.1) is 24.3 Å². The fourth-order valence-corrected chi connectivity index (χ4v) is 5.78. The molecular weight excluding hydrogens is 597 g/mol. The van der Waals surface area contributed by atoms with Crippen molar-refractivity contribution in [2.75, 3.05) is 13.2 Å². The highest BCUT2D eigenvalue weighted by atomic mass is 19.1. The third kappa shape index (κ3) is 14.4. The van der Waals surface area contributed by atoms with E-state index in [0.717, 1.165) is 32.1 Å². The molecule has 47 heavy (non-hydrogen) atoms. The largest absolute Gasteiger partial charge is 0.493 e. The summed E-state index contributed by atoms with van der Waals surface area (Å²) in [6, 6.07) is 13.7. The van der Waals surface area contributed by atoms with Gasteiger partial charge in [-0.25, -0.2) is 14.0 Å². The van der Waals surface area contributed by atoms with E-state index in [4.69, 9.17) is 18.9 Å². The van der Waals surface area contributed by atoms with Crippen molar-refractivity contribution in [3.63, 3.8) is 0 Å². The summed E-state index contributed by atoms with van der Waals surface area (Å²) in [4.78, 5) is 24.7. The third-order valence-corrected chi connectivity index (χ3v) is 8.75. The molecule has 3 rings (SSSR count). The van der Waals surface area contributed by atoms with Crippen LogP contribution in [0, 0.1) is 17.2 Å². The van der Waals surface area contributed by atoms with Crippen molar-refractivity contribution < 1.29 is 32.9 Å². The van der Waals surface area contributed by atoms with Gasteiger partial charge in [0.2, 0.25) is 0 Å². The molecule has 0 aromatic heterocycles. The molecule has 258 valence electrons. The predicted molar refractivity (Wildman–Crippen MR) is 182 cm³/mol. The predicted octanol–water partition coefficient (Wildman–Crippen LogP) is 10.1. The monoisotopic (exact) mass is 651 g/mol. The number of ether oxygens (including phenoxy) is 4. The second-order valence-electron chi connectivity index (χ2n) is 12.7. The SMILES string of the molecule is CCCCCCCCCCCCOc1ccc(C(=O)Oc2ccc(OCC3CCC(OC(=O)[C@@H](F)CCCC)CC3)cc2)cc1C#N. The van der Waals surface area contributed by atoms with E-state index in [1.54, 1.807) is 36.4 Å². The van der Waals surface area contributed by atoms with E-state index in [0.29, 0.717) is 61.2 Å². The summed E-state index contributed by atoms with van der Waals surface area (Å²) in [5.41, 5.74) is 0.582. The number of halogens is 1. The average molecular weight is 652 g/mol. The van der Waals surface area contributed by atoms with Crippen LogP contribution < -0.4 is 14.2 Å². The minimum atomic E-state index is -1.53. The van der Waals surface area contributed by atoms with Crippen molar-refractivity contribution in [1.82, 2.24) is 0 Å². The van der Waals surface area contributed by atoms with Crippen LogP contribution in [-0.2, 0) is 9.53 Å². The van der Waals surface area contributed by atoms with Gasteiger partial charge in [0.15, 0.2) is 6.17 Å². The molecule has 2 aromatic rings. The van der Waals surface area contributed by atoms with E-state index in [9.17, 15) is 19.2 Å². The Bertz CT molecular complexity index is 1240. The Morgan fingerprint density at radius 3 is 2.06 bits per heavy atom. The molecule has 1 aliphatic rings. The van der Waals surface area contributed by atoms with Gasteiger partial charge in [-0.05, 0) is 86.9 Å². The standard InChI is InChI=1S/C39H54FNO6/c1-3-5-7-8-9-10-11-12-13-14-26-44-37-25-18-31(27-32(37)28-41)38(42)46-35-23-21-33(22-24-35)45-29-30-16-19-34(20-17-30)47-39(43)36(40)15-6-4-2/h18,21-25,27,30,34,36H,3-17,19-20,26,29H2,1-2H3/t30?,34?,36-/m0/s1. The molecule has 8 heteroatoms. The zero-order chi connectivity index (χ0) is 33.7. The molecule has 0 spiro atoms. The molecule has 1 aliphatic carbocycles. The number of nitrogens with zero attached hydrogens (tertiary/aromatic N) is 1. The van der Waals surface area contributed by atoms with Crippen molar-refractivity contribution in [1.29, 1.82) is 5.26 Å². The maximum absolute atomic E-state index is 13.9. The van der Waals surface area contributed by atoms with Crippen molar-refractivity contribution >= 4 is 11.9 Å². The number of alkyl halides is 1. The van der Waals surface area contributed by atoms with E-state index in [-0.39, 0.29) is 18.1 Å². The van der Waals surface area contributed by atoms with Crippen molar-refractivity contribution in [2.24, 2.45) is 5.92 Å². The van der Waals surface area contributed by atoms with Crippen LogP contribution in [0.1, 0.15) is 139 Å². The molecule has 0 heterocycles. The second-order valence-corrected chi connectivity index (χ2v) is 12.7. The molecule has 0 unspecified atom stereocenters. The fraction of sp³-hybridized carbons (Fsp3) is 0.615. The van der Waals surface area contributed by atoms with Crippen LogP contribution in [-0.4, -0.2) is 37.4 Å². The van der Waals surface area contributed by atoms with E-state index in [2.05, 4.69) is 13.0 Å². The van der Waals surface area contributed by atoms with Gasteiger partial charge >= 0.3 is 11.9 Å². The highest BCUT2D eigenvalue weighted by Crippen LogP contribution is 2.29. The second kappa shape index (κ2) is 22.1. The summed E-state index contributed by atoms with van der Waals surface area (Å²) in [7, 11) is 0. The fourth-order valence-electron chi connectivity index (χ4n) is 5.78. The molecule has 2 aromatic carbocycles. The molecule has 0 aliphatic heterocycles. The Morgan fingerprint density at radius 2 is 1.43 bits per heavy atom. The molecule has 0 bridgehead atoms. The van der Waals surface area contributed by atoms with Gasteiger partial charge in [-0.3, -0.25) is 0 Å². The van der Waals surface area contributed by atoms with Gasteiger partial charge < -0.3 is 18.9 Å². The Balaban J connectivity index is 1.34. The number of hydrogen-bond acceptors (Lipinski definition) is 7. The molecule has 1 fully saturated rings. The number of nitriles is 1. The first-order chi connectivity index (χ1) is 22.9. The van der Waals surface area contributed by atoms with Gasteiger partial charge in [-0.15, -0.1) is 0 Å². The van der Waals surface area contributed by atoms with E-state index in [1.165, 1.54) is 57.4 Å². The lowest BCUT2D eigenvalue weighted by Gasteiger charge is -2.28. The minimum absolute atomic E-state index is 0.223. The van der Waals surface area contributed by atoms with Gasteiger partial charge in [-0.1, -0.05) is 84.5 Å². The molecule has 1 saturated carbocycles. The zero-order valence-corrected chi connectivity index (χ0v) is 28.5. The van der Waals surface area contributed by atoms with Crippen molar-refractivity contribution in [3.8, 4) is 23.3 Å². The molecule has 0 saturated heterocycles. The number of carbonyl (C=O) groups is 2. The summed E-state index contributed by atoms with van der Waals surface area (Å²) in [6.07, 6.45) is 15.5. The molecule has 0 radical (unpaired) electrons. The van der Waals surface area contributed by atoms with Crippen LogP contribution in [0.5, 0.6) is 17.2 Å². The van der Waals surface area contributed by atoms with E-state index < -0.39 is 18.1 Å². The van der Waals surface area contributed by atoms with E-state index >= 15 is 0 Å². The Labute approximate surface area is 281 Å². The number of esters is 2. The van der Waals surface area contributed by atoms with Gasteiger partial charge in [-0.2, -0.15) is 5.26 Å². The number of rotatable bonds is 22. The number of carbonyl (C=O) groups excluding carboxylic acids is 2. The topological polar surface area (TPSA) is 94.8 Å². The summed E-state index contributed by atoms with van der Waals surface area (Å²) >= 11 is 0. The zero-order valence-electron chi connectivity index (χ0n) is 28.5. The summed E-state index contributed by atoms with van der Waals surface area (Å²) in [5.74, 6) is 0.537. The molecule has 1 atom stereocenters. The summed E-state index contributed by atoms with van der Waals surface area (Å²) in [6.45, 7) is 5.27. The lowest BCUT2D eigenvalue weighted by Crippen LogP contribution is -2.30. The first-order valence-electron chi connectivity index (χ1n) is 17.9. The molecule has 7 nitrogen and oxygen atoms in total.